The topological polar surface area (TPSA) is 35.2 Å². The highest BCUT2D eigenvalue weighted by molar-refractivity contribution is 7.99. The molecule has 0 aliphatic heterocycles. The summed E-state index contributed by atoms with van der Waals surface area (Å²) >= 11 is 6.51. The molecule has 0 spiro atoms. The first-order valence-corrected chi connectivity index (χ1v) is 6.51. The molecule has 0 unspecified atom stereocenters. The van der Waals surface area contributed by atoms with Gasteiger partial charge in [0, 0.05) is 11.3 Å². The van der Waals surface area contributed by atoms with Gasteiger partial charge in [-0.2, -0.15) is 11.8 Å². The van der Waals surface area contributed by atoms with E-state index in [-0.39, 0.29) is 10.7 Å². The predicted molar refractivity (Wildman–Crippen MR) is 70.8 cm³/mol. The van der Waals surface area contributed by atoms with Crippen LogP contribution in [-0.4, -0.2) is 23.1 Å². The minimum absolute atomic E-state index is 0.187. The van der Waals surface area contributed by atoms with Crippen LogP contribution < -0.4 is 10.5 Å². The highest BCUT2D eigenvalue weighted by atomic mass is 32.2. The molecule has 0 aliphatic rings. The van der Waals surface area contributed by atoms with E-state index in [1.54, 1.807) is 23.9 Å². The third kappa shape index (κ3) is 3.98. The summed E-state index contributed by atoms with van der Waals surface area (Å²) in [7, 11) is 0. The van der Waals surface area contributed by atoms with Gasteiger partial charge >= 0.3 is 0 Å². The zero-order valence-corrected chi connectivity index (χ0v) is 10.7. The van der Waals surface area contributed by atoms with Gasteiger partial charge in [0.1, 0.15) is 4.99 Å². The largest absolute Gasteiger partial charge is 0.490 e. The predicted octanol–water partition coefficient (Wildman–Crippen LogP) is 2.59. The summed E-state index contributed by atoms with van der Waals surface area (Å²) in [6.45, 7) is 2.57. The van der Waals surface area contributed by atoms with E-state index in [2.05, 4.69) is 6.92 Å². The van der Waals surface area contributed by atoms with Crippen LogP contribution in [0, 0.1) is 5.82 Å². The van der Waals surface area contributed by atoms with Crippen LogP contribution in [0.3, 0.4) is 0 Å². The molecule has 2 N–H and O–H groups in total. The Balaban J connectivity index is 2.57. The van der Waals surface area contributed by atoms with Crippen molar-refractivity contribution in [3.8, 4) is 5.75 Å². The van der Waals surface area contributed by atoms with Crippen LogP contribution >= 0.6 is 24.0 Å². The molecule has 16 heavy (non-hydrogen) atoms. The van der Waals surface area contributed by atoms with Crippen molar-refractivity contribution in [1.82, 2.24) is 0 Å². The Labute approximate surface area is 104 Å². The van der Waals surface area contributed by atoms with E-state index in [1.165, 1.54) is 6.07 Å². The number of hydrogen-bond donors (Lipinski definition) is 1. The average Bonchev–Trinajstić information content (AvgIpc) is 2.26. The molecule has 1 aromatic rings. The lowest BCUT2D eigenvalue weighted by Crippen LogP contribution is -2.10. The molecule has 0 saturated heterocycles. The standard InChI is InChI=1S/C11H14FNOS2/c1-2-16-6-5-14-10-4-3-8(11(13)15)7-9(10)12/h3-4,7H,2,5-6H2,1H3,(H2,13,15). The molecule has 0 amide bonds. The average molecular weight is 259 g/mol. The minimum Gasteiger partial charge on any atom is -0.490 e. The van der Waals surface area contributed by atoms with Gasteiger partial charge in [-0.1, -0.05) is 19.1 Å². The number of hydrogen-bond acceptors (Lipinski definition) is 3. The van der Waals surface area contributed by atoms with Crippen molar-refractivity contribution in [2.24, 2.45) is 5.73 Å². The van der Waals surface area contributed by atoms with E-state index in [9.17, 15) is 4.39 Å². The van der Waals surface area contributed by atoms with Crippen LogP contribution in [0.15, 0.2) is 18.2 Å². The zero-order chi connectivity index (χ0) is 12.0. The fourth-order valence-corrected chi connectivity index (χ4v) is 1.74. The summed E-state index contributed by atoms with van der Waals surface area (Å²) in [5, 5.41) is 0. The molecule has 0 aliphatic carbocycles. The lowest BCUT2D eigenvalue weighted by Gasteiger charge is -2.07. The molecular weight excluding hydrogens is 245 g/mol. The first-order valence-electron chi connectivity index (χ1n) is 4.95. The molecule has 0 heterocycles. The Morgan fingerprint density at radius 3 is 2.88 bits per heavy atom. The second-order valence-electron chi connectivity index (χ2n) is 3.05. The van der Waals surface area contributed by atoms with Gasteiger partial charge in [0.2, 0.25) is 0 Å². The number of rotatable bonds is 6. The smallest absolute Gasteiger partial charge is 0.165 e. The Kier molecular flexibility index (Phi) is 5.55. The van der Waals surface area contributed by atoms with Gasteiger partial charge in [-0.05, 0) is 24.0 Å². The molecule has 88 valence electrons. The van der Waals surface area contributed by atoms with Crippen molar-refractivity contribution in [1.29, 1.82) is 0 Å². The Bertz CT molecular complexity index is 371. The lowest BCUT2D eigenvalue weighted by atomic mass is 10.2. The number of ether oxygens (including phenoxy) is 1. The summed E-state index contributed by atoms with van der Waals surface area (Å²) in [5.74, 6) is 1.71. The first kappa shape index (κ1) is 13.3. The van der Waals surface area contributed by atoms with Crippen LogP contribution in [-0.2, 0) is 0 Å². The SMILES string of the molecule is CCSCCOc1ccc(C(N)=S)cc1F. The highest BCUT2D eigenvalue weighted by Gasteiger charge is 2.05. The number of thioether (sulfide) groups is 1. The fraction of sp³-hybridized carbons (Fsp3) is 0.364. The Morgan fingerprint density at radius 2 is 2.31 bits per heavy atom. The van der Waals surface area contributed by atoms with E-state index in [0.717, 1.165) is 11.5 Å². The molecule has 0 saturated carbocycles. The highest BCUT2D eigenvalue weighted by Crippen LogP contribution is 2.18. The van der Waals surface area contributed by atoms with Crippen LogP contribution in [0.4, 0.5) is 4.39 Å². The van der Waals surface area contributed by atoms with E-state index in [0.29, 0.717) is 12.2 Å². The van der Waals surface area contributed by atoms with Gasteiger partial charge in [-0.15, -0.1) is 0 Å². The molecule has 1 rings (SSSR count). The fourth-order valence-electron chi connectivity index (χ4n) is 1.13. The van der Waals surface area contributed by atoms with Gasteiger partial charge in [-0.3, -0.25) is 0 Å². The number of nitrogens with two attached hydrogens (primary N) is 1. The van der Waals surface area contributed by atoms with Crippen molar-refractivity contribution in [2.75, 3.05) is 18.1 Å². The molecular formula is C11H14FNOS2. The molecule has 0 aromatic heterocycles. The van der Waals surface area contributed by atoms with Crippen molar-refractivity contribution in [3.05, 3.63) is 29.6 Å². The minimum atomic E-state index is -0.424. The molecule has 2 nitrogen and oxygen atoms in total. The summed E-state index contributed by atoms with van der Waals surface area (Å²) < 4.78 is 18.8. The van der Waals surface area contributed by atoms with Gasteiger partial charge in [0.05, 0.1) is 6.61 Å². The van der Waals surface area contributed by atoms with Gasteiger partial charge in [0.25, 0.3) is 0 Å². The van der Waals surface area contributed by atoms with Crippen molar-refractivity contribution >= 4 is 29.0 Å². The van der Waals surface area contributed by atoms with Crippen LogP contribution in [0.25, 0.3) is 0 Å². The second kappa shape index (κ2) is 6.70. The molecule has 1 aromatic carbocycles. The zero-order valence-electron chi connectivity index (χ0n) is 9.03. The van der Waals surface area contributed by atoms with Gasteiger partial charge < -0.3 is 10.5 Å². The quantitative estimate of drug-likeness (QED) is 0.629. The number of halogens is 1. The third-order valence-corrected chi connectivity index (χ3v) is 3.01. The normalized spacial score (nSPS) is 10.1. The maximum absolute atomic E-state index is 13.5. The van der Waals surface area contributed by atoms with Crippen LogP contribution in [0.2, 0.25) is 0 Å². The Morgan fingerprint density at radius 1 is 1.56 bits per heavy atom. The van der Waals surface area contributed by atoms with E-state index < -0.39 is 5.82 Å². The maximum atomic E-state index is 13.5. The van der Waals surface area contributed by atoms with Crippen LogP contribution in [0.1, 0.15) is 12.5 Å². The van der Waals surface area contributed by atoms with Crippen molar-refractivity contribution in [3.63, 3.8) is 0 Å². The Hall–Kier alpha value is -0.810. The van der Waals surface area contributed by atoms with Gasteiger partial charge in [0.15, 0.2) is 11.6 Å². The second-order valence-corrected chi connectivity index (χ2v) is 4.89. The molecule has 0 fully saturated rings. The maximum Gasteiger partial charge on any atom is 0.165 e. The third-order valence-electron chi connectivity index (χ3n) is 1.91. The first-order chi connectivity index (χ1) is 7.65. The summed E-state index contributed by atoms with van der Waals surface area (Å²) in [4.78, 5) is 0.187. The lowest BCUT2D eigenvalue weighted by molar-refractivity contribution is 0.325. The van der Waals surface area contributed by atoms with Gasteiger partial charge in [-0.25, -0.2) is 4.39 Å². The molecule has 0 bridgehead atoms. The summed E-state index contributed by atoms with van der Waals surface area (Å²) in [6, 6.07) is 4.51. The molecule has 5 heteroatoms. The number of benzene rings is 1. The van der Waals surface area contributed by atoms with Crippen molar-refractivity contribution in [2.45, 2.75) is 6.92 Å². The number of thiocarbonyl (C=S) groups is 1. The van der Waals surface area contributed by atoms with Crippen LogP contribution in [0.5, 0.6) is 5.75 Å². The van der Waals surface area contributed by atoms with E-state index >= 15 is 0 Å². The summed E-state index contributed by atoms with van der Waals surface area (Å²) in [6.07, 6.45) is 0. The van der Waals surface area contributed by atoms with Crippen molar-refractivity contribution < 1.29 is 9.13 Å². The van der Waals surface area contributed by atoms with E-state index in [1.807, 2.05) is 0 Å². The monoisotopic (exact) mass is 259 g/mol. The van der Waals surface area contributed by atoms with E-state index in [4.69, 9.17) is 22.7 Å². The summed E-state index contributed by atoms with van der Waals surface area (Å²) in [5.41, 5.74) is 5.91. The molecule has 0 atom stereocenters. The molecule has 0 radical (unpaired) electrons.